The molecule has 0 aliphatic rings. The van der Waals surface area contributed by atoms with Gasteiger partial charge in [0.25, 0.3) is 5.91 Å². The highest BCUT2D eigenvalue weighted by Crippen LogP contribution is 2.29. The van der Waals surface area contributed by atoms with Gasteiger partial charge in [-0.2, -0.15) is 18.3 Å². The number of hydrogen-bond acceptors (Lipinski definition) is 3. The van der Waals surface area contributed by atoms with Gasteiger partial charge in [0, 0.05) is 10.9 Å². The summed E-state index contributed by atoms with van der Waals surface area (Å²) in [6.07, 6.45) is -3.46. The second-order valence-corrected chi connectivity index (χ2v) is 6.05. The zero-order valence-electron chi connectivity index (χ0n) is 14.6. The van der Waals surface area contributed by atoms with E-state index in [1.165, 1.54) is 0 Å². The first-order valence-corrected chi connectivity index (χ1v) is 8.54. The summed E-state index contributed by atoms with van der Waals surface area (Å²) in [7, 11) is 0. The minimum atomic E-state index is -4.46. The Balaban J connectivity index is 1.73. The van der Waals surface area contributed by atoms with Crippen LogP contribution in [0.4, 0.5) is 23.4 Å². The summed E-state index contributed by atoms with van der Waals surface area (Å²) in [5, 5.41) is 9.95. The van der Waals surface area contributed by atoms with Gasteiger partial charge >= 0.3 is 6.18 Å². The molecular formula is C19H17F4N3O2. The average molecular weight is 395 g/mol. The van der Waals surface area contributed by atoms with Crippen LogP contribution in [-0.2, 0) is 6.18 Å². The summed E-state index contributed by atoms with van der Waals surface area (Å²) < 4.78 is 55.5. The number of alkyl halides is 4. The molecule has 2 aromatic carbocycles. The number of anilines is 1. The Morgan fingerprint density at radius 2 is 1.86 bits per heavy atom. The Hall–Kier alpha value is -3.10. The first-order valence-electron chi connectivity index (χ1n) is 8.54. The molecule has 0 bridgehead atoms. The monoisotopic (exact) mass is 395 g/mol. The molecule has 1 aromatic heterocycles. The zero-order chi connectivity index (χ0) is 20.1. The van der Waals surface area contributed by atoms with Gasteiger partial charge in [0.1, 0.15) is 5.75 Å². The number of ether oxygens (including phenoxy) is 1. The highest BCUT2D eigenvalue weighted by molar-refractivity contribution is 6.08. The fourth-order valence-electron chi connectivity index (χ4n) is 2.56. The van der Waals surface area contributed by atoms with Crippen LogP contribution in [0.15, 0.2) is 42.5 Å². The van der Waals surface area contributed by atoms with E-state index in [-0.39, 0.29) is 11.4 Å². The fourth-order valence-corrected chi connectivity index (χ4v) is 2.56. The molecule has 0 atom stereocenters. The van der Waals surface area contributed by atoms with Crippen LogP contribution in [0.2, 0.25) is 0 Å². The topological polar surface area (TPSA) is 67.0 Å². The summed E-state index contributed by atoms with van der Waals surface area (Å²) in [5.74, 6) is 0.184. The van der Waals surface area contributed by atoms with Crippen LogP contribution < -0.4 is 10.1 Å². The molecule has 3 rings (SSSR count). The third-order valence-electron chi connectivity index (χ3n) is 4.04. The molecule has 0 unspecified atom stereocenters. The van der Waals surface area contributed by atoms with E-state index in [1.54, 1.807) is 18.2 Å². The van der Waals surface area contributed by atoms with Crippen molar-refractivity contribution in [3.63, 3.8) is 0 Å². The normalized spacial score (nSPS) is 11.6. The summed E-state index contributed by atoms with van der Waals surface area (Å²) in [5.41, 5.74) is -0.106. The van der Waals surface area contributed by atoms with Crippen LogP contribution in [0.1, 0.15) is 28.8 Å². The lowest BCUT2D eigenvalue weighted by Crippen LogP contribution is -2.13. The number of fused-ring (bicyclic) bond motifs is 1. The van der Waals surface area contributed by atoms with E-state index in [0.29, 0.717) is 36.1 Å². The van der Waals surface area contributed by atoms with E-state index >= 15 is 0 Å². The third kappa shape index (κ3) is 4.59. The third-order valence-corrected chi connectivity index (χ3v) is 4.04. The average Bonchev–Trinajstić information content (AvgIpc) is 3.07. The van der Waals surface area contributed by atoms with Crippen molar-refractivity contribution < 1.29 is 27.1 Å². The Labute approximate surface area is 157 Å². The Kier molecular flexibility index (Phi) is 5.81. The molecule has 0 radical (unpaired) electrons. The molecule has 0 spiro atoms. The van der Waals surface area contributed by atoms with Crippen molar-refractivity contribution in [3.8, 4) is 5.75 Å². The fraction of sp³-hybridized carbons (Fsp3) is 0.263. The molecule has 2 N–H and O–H groups in total. The predicted octanol–water partition coefficient (Wildman–Crippen LogP) is 4.96. The van der Waals surface area contributed by atoms with Crippen LogP contribution in [0.3, 0.4) is 0 Å². The van der Waals surface area contributed by atoms with E-state index in [4.69, 9.17) is 4.74 Å². The molecular weight excluding hydrogens is 378 g/mol. The molecule has 0 aliphatic heterocycles. The number of benzene rings is 2. The summed E-state index contributed by atoms with van der Waals surface area (Å²) in [6, 6.07) is 9.02. The molecule has 0 aliphatic carbocycles. The molecule has 148 valence electrons. The highest BCUT2D eigenvalue weighted by Gasteiger charge is 2.30. The maximum Gasteiger partial charge on any atom is 0.416 e. The number of carbonyl (C=O) groups is 1. The minimum absolute atomic E-state index is 0.0720. The minimum Gasteiger partial charge on any atom is -0.494 e. The first-order chi connectivity index (χ1) is 13.4. The van der Waals surface area contributed by atoms with Crippen molar-refractivity contribution in [1.29, 1.82) is 0 Å². The van der Waals surface area contributed by atoms with Crippen LogP contribution >= 0.6 is 0 Å². The zero-order valence-corrected chi connectivity index (χ0v) is 14.6. The highest BCUT2D eigenvalue weighted by atomic mass is 19.4. The van der Waals surface area contributed by atoms with E-state index in [1.807, 2.05) is 0 Å². The lowest BCUT2D eigenvalue weighted by atomic mass is 10.1. The van der Waals surface area contributed by atoms with Crippen LogP contribution in [0.5, 0.6) is 5.75 Å². The molecule has 28 heavy (non-hydrogen) atoms. The number of aromatic nitrogens is 2. The van der Waals surface area contributed by atoms with Gasteiger partial charge in [0.15, 0.2) is 5.82 Å². The van der Waals surface area contributed by atoms with Crippen molar-refractivity contribution in [2.75, 3.05) is 18.6 Å². The smallest absolute Gasteiger partial charge is 0.416 e. The molecule has 1 heterocycles. The number of nitrogens with zero attached hydrogens (tertiary/aromatic N) is 1. The lowest BCUT2D eigenvalue weighted by molar-refractivity contribution is -0.137. The number of rotatable bonds is 7. The number of amides is 1. The molecule has 5 nitrogen and oxygen atoms in total. The van der Waals surface area contributed by atoms with E-state index in [0.717, 1.165) is 24.3 Å². The van der Waals surface area contributed by atoms with E-state index < -0.39 is 24.3 Å². The number of halogens is 4. The largest absolute Gasteiger partial charge is 0.494 e. The molecule has 3 aromatic rings. The number of unbranched alkanes of at least 4 members (excludes halogenated alkanes) is 1. The maximum atomic E-state index is 12.6. The van der Waals surface area contributed by atoms with Crippen LogP contribution in [0, 0.1) is 0 Å². The lowest BCUT2D eigenvalue weighted by Gasteiger charge is -2.08. The number of aromatic amines is 1. The Morgan fingerprint density at radius 1 is 1.11 bits per heavy atom. The number of nitrogens with one attached hydrogen (secondary N) is 2. The summed E-state index contributed by atoms with van der Waals surface area (Å²) in [6.45, 7) is -0.0369. The van der Waals surface area contributed by atoms with Crippen LogP contribution in [0.25, 0.3) is 10.9 Å². The molecule has 9 heteroatoms. The van der Waals surface area contributed by atoms with Crippen LogP contribution in [-0.4, -0.2) is 29.4 Å². The molecule has 0 saturated heterocycles. The second-order valence-electron chi connectivity index (χ2n) is 6.05. The maximum absolute atomic E-state index is 12.6. The number of H-pyrrole nitrogens is 1. The van der Waals surface area contributed by atoms with Gasteiger partial charge in [-0.15, -0.1) is 0 Å². The van der Waals surface area contributed by atoms with Gasteiger partial charge in [-0.05, 0) is 55.3 Å². The summed E-state index contributed by atoms with van der Waals surface area (Å²) in [4.78, 5) is 12.3. The number of carbonyl (C=O) groups excluding carboxylic acids is 1. The molecule has 1 amide bonds. The second kappa shape index (κ2) is 8.28. The predicted molar refractivity (Wildman–Crippen MR) is 96.2 cm³/mol. The van der Waals surface area contributed by atoms with Crippen molar-refractivity contribution in [1.82, 2.24) is 10.2 Å². The quantitative estimate of drug-likeness (QED) is 0.439. The standard InChI is InChI=1S/C19H17F4N3O2/c20-9-1-2-10-28-14-7-8-16-15(11-14)17(26-25-16)24-18(27)12-3-5-13(6-4-12)19(21,22)23/h3-8,11H,1-2,9-10H2,(H2,24,25,26,27). The SMILES string of the molecule is O=C(Nc1n[nH]c2ccc(OCCCCF)cc12)c1ccc(C(F)(F)F)cc1. The first kappa shape index (κ1) is 19.7. The number of hydrogen-bond donors (Lipinski definition) is 2. The van der Waals surface area contributed by atoms with Gasteiger partial charge < -0.3 is 10.1 Å². The van der Waals surface area contributed by atoms with Gasteiger partial charge in [-0.1, -0.05) is 0 Å². The van der Waals surface area contributed by atoms with Gasteiger partial charge in [-0.25, -0.2) is 0 Å². The summed E-state index contributed by atoms with van der Waals surface area (Å²) >= 11 is 0. The Morgan fingerprint density at radius 3 is 2.54 bits per heavy atom. The van der Waals surface area contributed by atoms with Crippen molar-refractivity contribution in [2.24, 2.45) is 0 Å². The van der Waals surface area contributed by atoms with E-state index in [2.05, 4.69) is 15.5 Å². The van der Waals surface area contributed by atoms with Gasteiger partial charge in [0.05, 0.1) is 24.4 Å². The van der Waals surface area contributed by atoms with Gasteiger partial charge in [0.2, 0.25) is 0 Å². The Bertz CT molecular complexity index is 952. The van der Waals surface area contributed by atoms with Crippen molar-refractivity contribution >= 4 is 22.6 Å². The molecule has 0 fully saturated rings. The van der Waals surface area contributed by atoms with Crippen molar-refractivity contribution in [3.05, 3.63) is 53.6 Å². The molecule has 0 saturated carbocycles. The van der Waals surface area contributed by atoms with E-state index in [9.17, 15) is 22.4 Å². The van der Waals surface area contributed by atoms with Crippen molar-refractivity contribution in [2.45, 2.75) is 19.0 Å². The van der Waals surface area contributed by atoms with Gasteiger partial charge in [-0.3, -0.25) is 14.3 Å².